The number of halogens is 6. The summed E-state index contributed by atoms with van der Waals surface area (Å²) in [4.78, 5) is 12.0. The zero-order chi connectivity index (χ0) is 21.8. The maximum absolute atomic E-state index is 12.9. The lowest BCUT2D eigenvalue weighted by Gasteiger charge is -2.14. The van der Waals surface area contributed by atoms with Crippen LogP contribution < -0.4 is 4.74 Å². The van der Waals surface area contributed by atoms with Crippen LogP contribution >= 0.6 is 11.6 Å². The van der Waals surface area contributed by atoms with Crippen LogP contribution in [0.25, 0.3) is 11.3 Å². The number of esters is 1. The third kappa shape index (κ3) is 5.81. The largest absolute Gasteiger partial charge is 0.461 e. The van der Waals surface area contributed by atoms with Gasteiger partial charge in [0.25, 0.3) is 0 Å². The average Bonchev–Trinajstić information content (AvgIpc) is 2.96. The van der Waals surface area contributed by atoms with Crippen molar-refractivity contribution in [2.24, 2.45) is 0 Å². The first kappa shape index (κ1) is 22.9. The Morgan fingerprint density at radius 3 is 2.52 bits per heavy atom. The van der Waals surface area contributed by atoms with Gasteiger partial charge in [0.15, 0.2) is 5.69 Å². The highest BCUT2D eigenvalue weighted by Gasteiger charge is 2.28. The Hall–Kier alpha value is -2.36. The van der Waals surface area contributed by atoms with Gasteiger partial charge in [0.05, 0.1) is 12.3 Å². The molecule has 0 bridgehead atoms. The molecule has 0 fully saturated rings. The van der Waals surface area contributed by atoms with Crippen LogP contribution in [-0.4, -0.2) is 35.1 Å². The van der Waals surface area contributed by atoms with E-state index in [1.165, 1.54) is 16.8 Å². The second-order valence-electron chi connectivity index (χ2n) is 5.87. The molecule has 0 atom stereocenters. The summed E-state index contributed by atoms with van der Waals surface area (Å²) in [6.45, 7) is 0.383. The number of carbonyl (C=O) groups excluding carboxylic acids is 1. The van der Waals surface area contributed by atoms with Crippen LogP contribution in [0, 0.1) is 0 Å². The summed E-state index contributed by atoms with van der Waals surface area (Å²) in [5, 5.41) is 3.92. The molecule has 1 aromatic carbocycles. The molecule has 2 aromatic rings. The molecule has 0 saturated carbocycles. The lowest BCUT2D eigenvalue weighted by molar-refractivity contribution is -0.134. The highest BCUT2D eigenvalue weighted by Crippen LogP contribution is 2.39. The Labute approximate surface area is 168 Å². The zero-order valence-corrected chi connectivity index (χ0v) is 16.3. The Morgan fingerprint density at radius 2 is 1.97 bits per heavy atom. The summed E-state index contributed by atoms with van der Waals surface area (Å²) >= 11 is 6.27. The second kappa shape index (κ2) is 9.43. The minimum absolute atomic E-state index is 0.0657. The number of alkyl halides is 5. The van der Waals surface area contributed by atoms with E-state index in [2.05, 4.69) is 9.84 Å². The Bertz CT molecular complexity index is 868. The van der Waals surface area contributed by atoms with E-state index >= 15 is 0 Å². The van der Waals surface area contributed by atoms with Crippen molar-refractivity contribution in [3.8, 4) is 17.0 Å². The van der Waals surface area contributed by atoms with E-state index in [0.29, 0.717) is 0 Å². The van der Waals surface area contributed by atoms with Crippen LogP contribution in [0.4, 0.5) is 22.0 Å². The Balaban J connectivity index is 2.53. The van der Waals surface area contributed by atoms with Crippen LogP contribution in [0.3, 0.4) is 0 Å². The predicted molar refractivity (Wildman–Crippen MR) is 95.3 cm³/mol. The first-order valence-electron chi connectivity index (χ1n) is 8.65. The van der Waals surface area contributed by atoms with Gasteiger partial charge in [-0.3, -0.25) is 4.68 Å². The van der Waals surface area contributed by atoms with E-state index in [4.69, 9.17) is 16.3 Å². The van der Waals surface area contributed by atoms with Gasteiger partial charge in [-0.25, -0.2) is 4.79 Å². The highest BCUT2D eigenvalue weighted by molar-refractivity contribution is 6.36. The number of carbonyl (C=O) groups is 1. The first-order valence-corrected chi connectivity index (χ1v) is 9.03. The van der Waals surface area contributed by atoms with Crippen LogP contribution in [0.2, 0.25) is 5.02 Å². The van der Waals surface area contributed by atoms with E-state index < -0.39 is 31.6 Å². The summed E-state index contributed by atoms with van der Waals surface area (Å²) in [5.41, 5.74) is 0.145. The summed E-state index contributed by atoms with van der Waals surface area (Å²) in [6.07, 6.45) is -5.90. The van der Waals surface area contributed by atoms with Crippen molar-refractivity contribution in [1.29, 1.82) is 0 Å². The molecule has 0 amide bonds. The van der Waals surface area contributed by atoms with Gasteiger partial charge >= 0.3 is 18.8 Å². The molecule has 0 saturated heterocycles. The minimum Gasteiger partial charge on any atom is -0.461 e. The molecule has 2 rings (SSSR count). The Morgan fingerprint density at radius 1 is 1.28 bits per heavy atom. The maximum atomic E-state index is 12.9. The van der Waals surface area contributed by atoms with Crippen molar-refractivity contribution in [3.05, 3.63) is 34.5 Å². The summed E-state index contributed by atoms with van der Waals surface area (Å²) in [6, 6.07) is 3.76. The fourth-order valence-electron chi connectivity index (χ4n) is 2.65. The monoisotopic (exact) mass is 440 g/mol. The van der Waals surface area contributed by atoms with Gasteiger partial charge < -0.3 is 9.47 Å². The predicted octanol–water partition coefficient (Wildman–Crippen LogP) is 5.50. The molecule has 5 nitrogen and oxygen atoms in total. The standard InChI is InChI=1S/C18H18ClF5N2O3/c1-3-26-15(13(19)14(25-26)16(27)28-4-2)11-6-5-10(7-8-18(22,23)24)9-12(11)29-17(20)21/h5-6,9,17H,3-4,7-8H2,1-2H3. The number of hydrogen-bond donors (Lipinski definition) is 0. The summed E-state index contributed by atoms with van der Waals surface area (Å²) in [7, 11) is 0. The fourth-order valence-corrected chi connectivity index (χ4v) is 2.97. The van der Waals surface area contributed by atoms with Crippen molar-refractivity contribution in [1.82, 2.24) is 9.78 Å². The van der Waals surface area contributed by atoms with Gasteiger partial charge in [0, 0.05) is 18.5 Å². The molecule has 0 spiro atoms. The minimum atomic E-state index is -4.39. The van der Waals surface area contributed by atoms with Gasteiger partial charge in [-0.1, -0.05) is 17.7 Å². The molecule has 160 valence electrons. The van der Waals surface area contributed by atoms with Gasteiger partial charge in [0.2, 0.25) is 0 Å². The van der Waals surface area contributed by atoms with Crippen molar-refractivity contribution in [2.45, 2.75) is 46.0 Å². The molecular weight excluding hydrogens is 423 g/mol. The zero-order valence-electron chi connectivity index (χ0n) is 15.5. The van der Waals surface area contributed by atoms with Crippen molar-refractivity contribution in [2.75, 3.05) is 6.61 Å². The van der Waals surface area contributed by atoms with E-state index in [1.54, 1.807) is 13.8 Å². The molecular formula is C18H18ClF5N2O3. The number of ether oxygens (including phenoxy) is 2. The topological polar surface area (TPSA) is 53.3 Å². The molecule has 29 heavy (non-hydrogen) atoms. The molecule has 0 aliphatic heterocycles. The van der Waals surface area contributed by atoms with E-state index in [9.17, 15) is 26.7 Å². The lowest BCUT2D eigenvalue weighted by atomic mass is 10.0. The highest BCUT2D eigenvalue weighted by atomic mass is 35.5. The molecule has 0 radical (unpaired) electrons. The number of aryl methyl sites for hydroxylation is 2. The van der Waals surface area contributed by atoms with Gasteiger partial charge in [-0.05, 0) is 38.0 Å². The van der Waals surface area contributed by atoms with Crippen LogP contribution in [0.1, 0.15) is 36.3 Å². The van der Waals surface area contributed by atoms with Crippen LogP contribution in [-0.2, 0) is 17.7 Å². The van der Waals surface area contributed by atoms with E-state index in [1.807, 2.05) is 0 Å². The molecule has 1 heterocycles. The van der Waals surface area contributed by atoms with E-state index in [-0.39, 0.29) is 46.4 Å². The fraction of sp³-hybridized carbons (Fsp3) is 0.444. The quantitative estimate of drug-likeness (QED) is 0.402. The smallest absolute Gasteiger partial charge is 0.389 e. The van der Waals surface area contributed by atoms with Gasteiger partial charge in [-0.15, -0.1) is 0 Å². The van der Waals surface area contributed by atoms with Gasteiger partial charge in [-0.2, -0.15) is 27.1 Å². The summed E-state index contributed by atoms with van der Waals surface area (Å²) in [5.74, 6) is -1.16. The third-order valence-electron chi connectivity index (χ3n) is 3.88. The van der Waals surface area contributed by atoms with Crippen molar-refractivity contribution in [3.63, 3.8) is 0 Å². The number of aromatic nitrogens is 2. The first-order chi connectivity index (χ1) is 13.6. The number of hydrogen-bond acceptors (Lipinski definition) is 4. The molecule has 1 aromatic heterocycles. The molecule has 0 aliphatic rings. The number of rotatable bonds is 8. The second-order valence-corrected chi connectivity index (χ2v) is 6.25. The van der Waals surface area contributed by atoms with Crippen LogP contribution in [0.5, 0.6) is 5.75 Å². The molecule has 11 heteroatoms. The number of benzene rings is 1. The van der Waals surface area contributed by atoms with Crippen molar-refractivity contribution < 1.29 is 36.2 Å². The van der Waals surface area contributed by atoms with Crippen molar-refractivity contribution >= 4 is 17.6 Å². The lowest BCUT2D eigenvalue weighted by Crippen LogP contribution is -2.09. The molecule has 0 aliphatic carbocycles. The van der Waals surface area contributed by atoms with Gasteiger partial charge in [0.1, 0.15) is 10.8 Å². The molecule has 0 unspecified atom stereocenters. The third-order valence-corrected chi connectivity index (χ3v) is 4.24. The average molecular weight is 441 g/mol. The molecule has 0 N–H and O–H groups in total. The maximum Gasteiger partial charge on any atom is 0.389 e. The SMILES string of the molecule is CCOC(=O)c1nn(CC)c(-c2ccc(CCC(F)(F)F)cc2OC(F)F)c1Cl. The Kier molecular flexibility index (Phi) is 7.45. The number of nitrogens with zero attached hydrogens (tertiary/aromatic N) is 2. The van der Waals surface area contributed by atoms with E-state index in [0.717, 1.165) is 6.07 Å². The van der Waals surface area contributed by atoms with Crippen LogP contribution in [0.15, 0.2) is 18.2 Å². The normalized spacial score (nSPS) is 11.8. The summed E-state index contributed by atoms with van der Waals surface area (Å²) < 4.78 is 73.9.